The molecule has 0 aliphatic heterocycles. The molecule has 0 spiro atoms. The SMILES string of the molecule is CCOC(=O)/C=C/C[C@@H](O)/C=C/[Si](C)(C)Cc1ccccc1. The molecule has 0 radical (unpaired) electrons. The molecule has 1 aromatic carbocycles. The summed E-state index contributed by atoms with van der Waals surface area (Å²) in [5, 5.41) is 9.95. The molecule has 1 aromatic rings. The molecule has 0 amide bonds. The Bertz CT molecular complexity index is 506. The van der Waals surface area contributed by atoms with Crippen molar-refractivity contribution in [2.24, 2.45) is 0 Å². The lowest BCUT2D eigenvalue weighted by Crippen LogP contribution is -2.27. The molecular formula is C18H26O3Si. The highest BCUT2D eigenvalue weighted by Crippen LogP contribution is 2.14. The standard InChI is InChI=1S/C18H26O3Si/c1-4-21-18(20)12-8-11-17(19)13-14-22(2,3)15-16-9-6-5-7-10-16/h5-10,12-14,17,19H,4,11,15H2,1-3H3/b12-8+,14-13+/t17-/m1/s1. The van der Waals surface area contributed by atoms with E-state index >= 15 is 0 Å². The number of carbonyl (C=O) groups is 1. The second-order valence-corrected chi connectivity index (χ2v) is 10.6. The third-order valence-electron chi connectivity index (χ3n) is 3.19. The third-order valence-corrected chi connectivity index (χ3v) is 5.60. The number of ether oxygens (including phenoxy) is 1. The fourth-order valence-electron chi connectivity index (χ4n) is 2.13. The number of hydrogen-bond acceptors (Lipinski definition) is 3. The number of aliphatic hydroxyl groups is 1. The zero-order valence-electron chi connectivity index (χ0n) is 13.7. The molecule has 0 aromatic heterocycles. The van der Waals surface area contributed by atoms with Crippen LogP contribution in [-0.2, 0) is 15.6 Å². The van der Waals surface area contributed by atoms with Gasteiger partial charge in [0.15, 0.2) is 0 Å². The van der Waals surface area contributed by atoms with Crippen LogP contribution in [0.2, 0.25) is 13.1 Å². The molecule has 4 heteroatoms. The molecule has 1 rings (SSSR count). The maximum Gasteiger partial charge on any atom is 0.330 e. The van der Waals surface area contributed by atoms with Crippen molar-refractivity contribution in [3.8, 4) is 0 Å². The van der Waals surface area contributed by atoms with Crippen LogP contribution in [0, 0.1) is 0 Å². The van der Waals surface area contributed by atoms with Gasteiger partial charge >= 0.3 is 5.97 Å². The summed E-state index contributed by atoms with van der Waals surface area (Å²) in [7, 11) is -1.54. The van der Waals surface area contributed by atoms with Gasteiger partial charge in [-0.2, -0.15) is 0 Å². The van der Waals surface area contributed by atoms with Gasteiger partial charge in [0, 0.05) is 6.08 Å². The average molecular weight is 318 g/mol. The second-order valence-electron chi connectivity index (χ2n) is 5.97. The van der Waals surface area contributed by atoms with Gasteiger partial charge in [-0.3, -0.25) is 0 Å². The summed E-state index contributed by atoms with van der Waals surface area (Å²) >= 11 is 0. The van der Waals surface area contributed by atoms with Gasteiger partial charge < -0.3 is 9.84 Å². The van der Waals surface area contributed by atoms with Gasteiger partial charge in [0.2, 0.25) is 0 Å². The quantitative estimate of drug-likeness (QED) is 0.454. The van der Waals surface area contributed by atoms with Gasteiger partial charge in [-0.05, 0) is 19.4 Å². The van der Waals surface area contributed by atoms with E-state index in [9.17, 15) is 9.90 Å². The Hall–Kier alpha value is -1.65. The van der Waals surface area contributed by atoms with Gasteiger partial charge in [0.1, 0.15) is 0 Å². The van der Waals surface area contributed by atoms with Crippen molar-refractivity contribution in [2.75, 3.05) is 6.61 Å². The molecule has 1 N–H and O–H groups in total. The summed E-state index contributed by atoms with van der Waals surface area (Å²) in [6.07, 6.45) is 4.73. The molecule has 120 valence electrons. The van der Waals surface area contributed by atoms with Crippen molar-refractivity contribution in [2.45, 2.75) is 38.6 Å². The first-order valence-electron chi connectivity index (χ1n) is 7.67. The third kappa shape index (κ3) is 7.95. The number of carbonyl (C=O) groups excluding carboxylic acids is 1. The van der Waals surface area contributed by atoms with Crippen molar-refractivity contribution in [1.29, 1.82) is 0 Å². The van der Waals surface area contributed by atoms with Crippen LogP contribution in [0.25, 0.3) is 0 Å². The molecule has 0 heterocycles. The Morgan fingerprint density at radius 3 is 2.64 bits per heavy atom. The first kappa shape index (κ1) is 18.4. The maximum absolute atomic E-state index is 11.1. The van der Waals surface area contributed by atoms with Crippen LogP contribution >= 0.6 is 0 Å². The Kier molecular flexibility index (Phi) is 7.84. The van der Waals surface area contributed by atoms with Gasteiger partial charge in [-0.15, -0.1) is 0 Å². The lowest BCUT2D eigenvalue weighted by Gasteiger charge is -2.18. The minimum absolute atomic E-state index is 0.363. The fourth-order valence-corrected chi connectivity index (χ4v) is 4.27. The Labute approximate surface area is 134 Å². The van der Waals surface area contributed by atoms with E-state index in [1.54, 1.807) is 13.0 Å². The van der Waals surface area contributed by atoms with E-state index < -0.39 is 14.2 Å². The van der Waals surface area contributed by atoms with Crippen molar-refractivity contribution >= 4 is 14.0 Å². The maximum atomic E-state index is 11.1. The summed E-state index contributed by atoms with van der Waals surface area (Å²) in [5.41, 5.74) is 3.50. The summed E-state index contributed by atoms with van der Waals surface area (Å²) in [5.74, 6) is -0.363. The highest BCUT2D eigenvalue weighted by molar-refractivity contribution is 6.81. The topological polar surface area (TPSA) is 46.5 Å². The normalized spacial score (nSPS) is 13.6. The summed E-state index contributed by atoms with van der Waals surface area (Å²) in [4.78, 5) is 11.1. The summed E-state index contributed by atoms with van der Waals surface area (Å²) in [6, 6.07) is 11.5. The van der Waals surface area contributed by atoms with Gasteiger partial charge in [0.25, 0.3) is 0 Å². The van der Waals surface area contributed by atoms with Crippen molar-refractivity contribution in [1.82, 2.24) is 0 Å². The molecule has 0 saturated heterocycles. The van der Waals surface area contributed by atoms with Gasteiger partial charge in [-0.25, -0.2) is 4.79 Å². The van der Waals surface area contributed by atoms with E-state index in [0.29, 0.717) is 13.0 Å². The van der Waals surface area contributed by atoms with Crippen molar-refractivity contribution in [3.05, 3.63) is 59.8 Å². The Morgan fingerprint density at radius 2 is 2.00 bits per heavy atom. The smallest absolute Gasteiger partial charge is 0.330 e. The van der Waals surface area contributed by atoms with Crippen LogP contribution in [0.4, 0.5) is 0 Å². The zero-order valence-corrected chi connectivity index (χ0v) is 14.7. The Balaban J connectivity index is 2.46. The highest BCUT2D eigenvalue weighted by Gasteiger charge is 2.17. The molecule has 22 heavy (non-hydrogen) atoms. The first-order valence-corrected chi connectivity index (χ1v) is 11.0. The van der Waals surface area contributed by atoms with E-state index in [2.05, 4.69) is 43.1 Å². The van der Waals surface area contributed by atoms with Crippen LogP contribution in [0.5, 0.6) is 0 Å². The van der Waals surface area contributed by atoms with Crippen molar-refractivity contribution < 1.29 is 14.6 Å². The molecular weight excluding hydrogens is 292 g/mol. The largest absolute Gasteiger partial charge is 0.463 e. The number of benzene rings is 1. The molecule has 3 nitrogen and oxygen atoms in total. The molecule has 0 bridgehead atoms. The van der Waals surface area contributed by atoms with Crippen LogP contribution in [0.1, 0.15) is 18.9 Å². The van der Waals surface area contributed by atoms with E-state index in [1.807, 2.05) is 12.1 Å². The second kappa shape index (κ2) is 9.38. The lowest BCUT2D eigenvalue weighted by molar-refractivity contribution is -0.137. The summed E-state index contributed by atoms with van der Waals surface area (Å²) < 4.78 is 4.79. The van der Waals surface area contributed by atoms with E-state index in [0.717, 1.165) is 6.04 Å². The monoisotopic (exact) mass is 318 g/mol. The van der Waals surface area contributed by atoms with E-state index in [1.165, 1.54) is 11.6 Å². The first-order chi connectivity index (χ1) is 10.4. The molecule has 0 unspecified atom stereocenters. The fraction of sp³-hybridized carbons (Fsp3) is 0.389. The van der Waals surface area contributed by atoms with Gasteiger partial charge in [0.05, 0.1) is 20.8 Å². The number of esters is 1. The predicted octanol–water partition coefficient (Wildman–Crippen LogP) is 3.44. The lowest BCUT2D eigenvalue weighted by atomic mass is 10.2. The van der Waals surface area contributed by atoms with E-state index in [4.69, 9.17) is 4.74 Å². The molecule has 1 atom stereocenters. The van der Waals surface area contributed by atoms with Crippen LogP contribution in [0.15, 0.2) is 54.3 Å². The van der Waals surface area contributed by atoms with E-state index in [-0.39, 0.29) is 5.97 Å². The number of aliphatic hydroxyl groups excluding tert-OH is 1. The predicted molar refractivity (Wildman–Crippen MR) is 93.2 cm³/mol. The molecule has 0 saturated carbocycles. The highest BCUT2D eigenvalue weighted by atomic mass is 28.3. The van der Waals surface area contributed by atoms with Crippen molar-refractivity contribution in [3.63, 3.8) is 0 Å². The van der Waals surface area contributed by atoms with Crippen LogP contribution in [-0.4, -0.2) is 31.9 Å². The van der Waals surface area contributed by atoms with Crippen LogP contribution < -0.4 is 0 Å². The minimum Gasteiger partial charge on any atom is -0.463 e. The number of hydrogen-bond donors (Lipinski definition) is 1. The Morgan fingerprint density at radius 1 is 1.32 bits per heavy atom. The number of rotatable bonds is 8. The van der Waals surface area contributed by atoms with Crippen LogP contribution in [0.3, 0.4) is 0 Å². The molecule has 0 fully saturated rings. The summed E-state index contributed by atoms with van der Waals surface area (Å²) in [6.45, 7) is 6.68. The average Bonchev–Trinajstić information content (AvgIpc) is 2.46. The molecule has 0 aliphatic rings. The zero-order chi connectivity index (χ0) is 16.4. The minimum atomic E-state index is -1.54. The van der Waals surface area contributed by atoms with Gasteiger partial charge in [-0.1, -0.05) is 66.8 Å². The molecule has 0 aliphatic carbocycles.